The van der Waals surface area contributed by atoms with Crippen molar-refractivity contribution in [2.75, 3.05) is 12.3 Å². The number of esters is 2. The quantitative estimate of drug-likeness (QED) is 0.500. The molecule has 1 aromatic rings. The Bertz CT molecular complexity index is 799. The highest BCUT2D eigenvalue weighted by Gasteiger charge is 2.48. The van der Waals surface area contributed by atoms with Gasteiger partial charge in [-0.1, -0.05) is 27.7 Å². The van der Waals surface area contributed by atoms with Gasteiger partial charge in [-0.05, 0) is 12.0 Å². The largest absolute Gasteiger partial charge is 0.464 e. The highest BCUT2D eigenvalue weighted by molar-refractivity contribution is 8.00. The van der Waals surface area contributed by atoms with Crippen molar-refractivity contribution in [1.29, 1.82) is 0 Å². The van der Waals surface area contributed by atoms with E-state index in [4.69, 9.17) is 20.9 Å². The van der Waals surface area contributed by atoms with Crippen LogP contribution >= 0.6 is 11.8 Å². The molecule has 0 bridgehead atoms. The number of aliphatic hydroxyl groups is 1. The summed E-state index contributed by atoms with van der Waals surface area (Å²) in [4.78, 5) is 40.1. The Hall–Kier alpha value is -2.11. The van der Waals surface area contributed by atoms with Crippen LogP contribution in [0, 0.1) is 11.8 Å². The number of ether oxygens (including phenoxy) is 2. The molecular weight excluding hydrogens is 400 g/mol. The van der Waals surface area contributed by atoms with Gasteiger partial charge in [0.2, 0.25) is 0 Å². The van der Waals surface area contributed by atoms with Crippen molar-refractivity contribution in [3.8, 4) is 0 Å². The zero-order valence-electron chi connectivity index (χ0n) is 16.8. The smallest absolute Gasteiger partial charge is 0.350 e. The molecule has 0 aliphatic carbocycles. The number of hydrogen-bond donors (Lipinski definition) is 3. The molecule has 162 valence electrons. The van der Waals surface area contributed by atoms with E-state index in [2.05, 4.69) is 4.98 Å². The topological polar surface area (TPSA) is 160 Å². The molecule has 11 heteroatoms. The molecule has 0 spiro atoms. The summed E-state index contributed by atoms with van der Waals surface area (Å²) >= 11 is 1.15. The SMILES string of the molecule is CC(C)C(=O)OC[C@H]1S[C@@H](n2ccc(N)nc2=O)C(O)C1OC(=O)[C@H](N)C(C)C. The Kier molecular flexibility index (Phi) is 7.66. The van der Waals surface area contributed by atoms with Crippen LogP contribution < -0.4 is 17.2 Å². The first-order valence-corrected chi connectivity index (χ1v) is 10.3. The fraction of sp³-hybridized carbons (Fsp3) is 0.667. The van der Waals surface area contributed by atoms with Crippen LogP contribution in [0.2, 0.25) is 0 Å². The first-order chi connectivity index (χ1) is 13.5. The summed E-state index contributed by atoms with van der Waals surface area (Å²) in [6.45, 7) is 6.84. The van der Waals surface area contributed by atoms with Crippen LogP contribution in [0.4, 0.5) is 5.82 Å². The van der Waals surface area contributed by atoms with E-state index in [0.29, 0.717) is 0 Å². The summed E-state index contributed by atoms with van der Waals surface area (Å²) in [5.74, 6) is -1.53. The van der Waals surface area contributed by atoms with Gasteiger partial charge < -0.3 is 26.0 Å². The van der Waals surface area contributed by atoms with Gasteiger partial charge >= 0.3 is 17.6 Å². The first kappa shape index (κ1) is 23.2. The summed E-state index contributed by atoms with van der Waals surface area (Å²) in [5, 5.41) is 9.42. The van der Waals surface area contributed by atoms with Gasteiger partial charge in [-0.2, -0.15) is 4.98 Å². The Morgan fingerprint density at radius 3 is 2.52 bits per heavy atom. The third-order valence-electron chi connectivity index (χ3n) is 4.54. The maximum Gasteiger partial charge on any atom is 0.350 e. The molecule has 0 amide bonds. The van der Waals surface area contributed by atoms with Crippen LogP contribution in [0.25, 0.3) is 0 Å². The standard InChI is InChI=1S/C18H28N4O6S/c1-8(2)12(20)17(25)28-14-10(7-27-16(24)9(3)4)29-15(13(14)23)22-6-5-11(19)21-18(22)26/h5-6,8-10,12-15,23H,7,20H2,1-4H3,(H2,19,21,26)/t10-,12-,13?,14?,15-/m1/s1. The van der Waals surface area contributed by atoms with Crippen LogP contribution in [0.5, 0.6) is 0 Å². The number of hydrogen-bond acceptors (Lipinski definition) is 10. The lowest BCUT2D eigenvalue weighted by molar-refractivity contribution is -0.159. The highest BCUT2D eigenvalue weighted by atomic mass is 32.2. The number of nitrogens with two attached hydrogens (primary N) is 2. The summed E-state index contributed by atoms with van der Waals surface area (Å²) in [7, 11) is 0. The van der Waals surface area contributed by atoms with Crippen molar-refractivity contribution in [2.24, 2.45) is 17.6 Å². The molecule has 5 atom stereocenters. The minimum atomic E-state index is -1.24. The molecule has 5 N–H and O–H groups in total. The molecule has 0 radical (unpaired) electrons. The number of nitrogen functional groups attached to an aromatic ring is 1. The Labute approximate surface area is 172 Å². The van der Waals surface area contributed by atoms with E-state index in [1.54, 1.807) is 27.7 Å². The van der Waals surface area contributed by atoms with Crippen molar-refractivity contribution >= 4 is 29.5 Å². The van der Waals surface area contributed by atoms with E-state index in [1.807, 2.05) is 0 Å². The Morgan fingerprint density at radius 2 is 1.97 bits per heavy atom. The van der Waals surface area contributed by atoms with Crippen LogP contribution in [-0.2, 0) is 19.1 Å². The van der Waals surface area contributed by atoms with Gasteiger partial charge in [0.15, 0.2) is 0 Å². The maximum absolute atomic E-state index is 12.4. The van der Waals surface area contributed by atoms with Gasteiger partial charge in [0, 0.05) is 6.20 Å². The van der Waals surface area contributed by atoms with E-state index in [9.17, 15) is 19.5 Å². The number of thioether (sulfide) groups is 1. The first-order valence-electron chi connectivity index (χ1n) is 9.33. The molecule has 0 saturated carbocycles. The molecule has 1 saturated heterocycles. The van der Waals surface area contributed by atoms with Crippen molar-refractivity contribution in [1.82, 2.24) is 9.55 Å². The van der Waals surface area contributed by atoms with Gasteiger partial charge in [0.05, 0.1) is 11.2 Å². The predicted octanol–water partition coefficient (Wildman–Crippen LogP) is -0.105. The van der Waals surface area contributed by atoms with Crippen molar-refractivity contribution in [3.05, 3.63) is 22.7 Å². The Morgan fingerprint density at radius 1 is 1.31 bits per heavy atom. The summed E-state index contributed by atoms with van der Waals surface area (Å²) in [6, 6.07) is 0.558. The lowest BCUT2D eigenvalue weighted by Crippen LogP contribution is -2.45. The number of nitrogens with zero attached hydrogens (tertiary/aromatic N) is 2. The average Bonchev–Trinajstić information content (AvgIpc) is 2.94. The maximum atomic E-state index is 12.4. The second-order valence-corrected chi connectivity index (χ2v) is 8.91. The van der Waals surface area contributed by atoms with Crippen LogP contribution in [0.3, 0.4) is 0 Å². The fourth-order valence-corrected chi connectivity index (χ4v) is 4.15. The monoisotopic (exact) mass is 428 g/mol. The summed E-state index contributed by atoms with van der Waals surface area (Å²) < 4.78 is 12.0. The van der Waals surface area contributed by atoms with Gasteiger partial charge in [-0.15, -0.1) is 11.8 Å². The molecular formula is C18H28N4O6S. The minimum absolute atomic E-state index is 0.0528. The molecule has 0 aromatic carbocycles. The van der Waals surface area contributed by atoms with Crippen LogP contribution in [0.15, 0.2) is 17.1 Å². The summed E-state index contributed by atoms with van der Waals surface area (Å²) in [6.07, 6.45) is -0.854. The summed E-state index contributed by atoms with van der Waals surface area (Å²) in [5.41, 5.74) is 10.7. The normalized spacial score (nSPS) is 25.2. The van der Waals surface area contributed by atoms with Gasteiger partial charge in [0.1, 0.15) is 36.0 Å². The molecule has 1 aliphatic heterocycles. The number of anilines is 1. The van der Waals surface area contributed by atoms with Crippen LogP contribution in [-0.4, -0.2) is 56.7 Å². The lowest BCUT2D eigenvalue weighted by atomic mass is 10.1. The van der Waals surface area contributed by atoms with Gasteiger partial charge in [-0.3, -0.25) is 14.2 Å². The predicted molar refractivity (Wildman–Crippen MR) is 108 cm³/mol. The van der Waals surface area contributed by atoms with Crippen molar-refractivity contribution < 1.29 is 24.2 Å². The molecule has 2 rings (SSSR count). The highest BCUT2D eigenvalue weighted by Crippen LogP contribution is 2.43. The minimum Gasteiger partial charge on any atom is -0.464 e. The van der Waals surface area contributed by atoms with Crippen molar-refractivity contribution in [2.45, 2.75) is 56.6 Å². The zero-order valence-corrected chi connectivity index (χ0v) is 17.7. The third kappa shape index (κ3) is 5.49. The molecule has 2 heterocycles. The third-order valence-corrected chi connectivity index (χ3v) is 6.08. The second-order valence-electron chi connectivity index (χ2n) is 7.55. The zero-order chi connectivity index (χ0) is 21.9. The fourth-order valence-electron chi connectivity index (χ4n) is 2.66. The van der Waals surface area contributed by atoms with Gasteiger partial charge in [0.25, 0.3) is 0 Å². The number of aliphatic hydroxyl groups excluding tert-OH is 1. The molecule has 10 nitrogen and oxygen atoms in total. The van der Waals surface area contributed by atoms with E-state index in [1.165, 1.54) is 16.8 Å². The lowest BCUT2D eigenvalue weighted by Gasteiger charge is -2.25. The Balaban J connectivity index is 2.25. The molecule has 2 unspecified atom stereocenters. The van der Waals surface area contributed by atoms with E-state index >= 15 is 0 Å². The molecule has 1 aliphatic rings. The number of aromatic nitrogens is 2. The molecule has 1 aromatic heterocycles. The van der Waals surface area contributed by atoms with Crippen molar-refractivity contribution in [3.63, 3.8) is 0 Å². The number of rotatable bonds is 7. The van der Waals surface area contributed by atoms with Crippen LogP contribution in [0.1, 0.15) is 33.1 Å². The average molecular weight is 429 g/mol. The van der Waals surface area contributed by atoms with E-state index < -0.39 is 46.5 Å². The molecule has 29 heavy (non-hydrogen) atoms. The number of carbonyl (C=O) groups is 2. The van der Waals surface area contributed by atoms with Gasteiger partial charge in [-0.25, -0.2) is 4.79 Å². The van der Waals surface area contributed by atoms with E-state index in [-0.39, 0.29) is 24.3 Å². The number of carbonyl (C=O) groups excluding carboxylic acids is 2. The van der Waals surface area contributed by atoms with E-state index in [0.717, 1.165) is 11.8 Å². The second kappa shape index (κ2) is 9.59. The molecule has 1 fully saturated rings.